The van der Waals surface area contributed by atoms with Crippen LogP contribution in [0.15, 0.2) is 96.1 Å². The Hall–Kier alpha value is -4.39. The number of alkyl halides is 4. The van der Waals surface area contributed by atoms with Crippen LogP contribution in [0.3, 0.4) is 0 Å². The molecule has 2 aromatic carbocycles. The van der Waals surface area contributed by atoms with Crippen LogP contribution < -0.4 is 0 Å². The maximum Gasteiger partial charge on any atom is 0.305 e. The van der Waals surface area contributed by atoms with E-state index in [9.17, 15) is 44.1 Å². The Kier molecular flexibility index (Phi) is 17.1. The van der Waals surface area contributed by atoms with Gasteiger partial charge < -0.3 is 20.1 Å². The van der Waals surface area contributed by atoms with Gasteiger partial charge in [0.15, 0.2) is 41.1 Å². The maximum atomic E-state index is 17.6. The molecule has 0 unspecified atom stereocenters. The fraction of sp³-hybridized carbons (Fsp3) is 0.606. The molecule has 6 saturated carbocycles. The van der Waals surface area contributed by atoms with Gasteiger partial charge in [-0.25, -0.2) is 17.6 Å². The molecular weight excluding hydrogens is 1160 g/mol. The van der Waals surface area contributed by atoms with Crippen molar-refractivity contribution >= 4 is 69.1 Å². The number of ketones is 4. The highest BCUT2D eigenvalue weighted by Gasteiger charge is 2.80. The third kappa shape index (κ3) is 9.68. The number of ether oxygens (including phenoxy) is 1. The second-order valence-corrected chi connectivity index (χ2v) is 28.1. The molecule has 12 rings (SSSR count). The predicted octanol–water partition coefficient (Wildman–Crippen LogP) is 10.6. The van der Waals surface area contributed by atoms with Crippen molar-refractivity contribution in [3.63, 3.8) is 0 Å². The normalized spacial score (nSPS) is 41.8. The monoisotopic (exact) mass is 1240 g/mol. The lowest BCUT2D eigenvalue weighted by Crippen LogP contribution is -2.69. The fourth-order valence-electron chi connectivity index (χ4n) is 19.3. The first-order valence-electron chi connectivity index (χ1n) is 29.8. The van der Waals surface area contributed by atoms with Gasteiger partial charge in [0, 0.05) is 84.8 Å². The van der Waals surface area contributed by atoms with E-state index >= 15 is 17.6 Å². The molecule has 0 bridgehead atoms. The quantitative estimate of drug-likeness (QED) is 0.110. The van der Waals surface area contributed by atoms with Crippen LogP contribution >= 0.6 is 34.8 Å². The number of likely N-dealkylation sites (tertiary alicyclic amines) is 2. The van der Waals surface area contributed by atoms with Crippen LogP contribution in [0.2, 0.25) is 10.0 Å². The molecule has 0 radical (unpaired) electrons. The van der Waals surface area contributed by atoms with Crippen molar-refractivity contribution in [1.82, 2.24) is 9.80 Å². The number of aliphatic hydroxyl groups is 3. The first-order chi connectivity index (χ1) is 40.0. The summed E-state index contributed by atoms with van der Waals surface area (Å²) in [5, 5.41) is 34.5. The third-order valence-electron chi connectivity index (χ3n) is 23.1. The van der Waals surface area contributed by atoms with Gasteiger partial charge in [-0.3, -0.25) is 38.6 Å². The molecule has 12 nitrogen and oxygen atoms in total. The Morgan fingerprint density at radius 1 is 0.647 bits per heavy atom. The molecular formula is C66H77Cl3F4N2O10. The van der Waals surface area contributed by atoms with Crippen LogP contribution in [0.5, 0.6) is 0 Å². The number of hydrogen-bond acceptors (Lipinski definition) is 12. The van der Waals surface area contributed by atoms with Crippen LogP contribution in [0.1, 0.15) is 104 Å². The van der Waals surface area contributed by atoms with Crippen molar-refractivity contribution in [3.05, 3.63) is 117 Å². The summed E-state index contributed by atoms with van der Waals surface area (Å²) >= 11 is 17.2. The molecule has 10 aliphatic rings. The highest BCUT2D eigenvalue weighted by Crippen LogP contribution is 2.76. The van der Waals surface area contributed by atoms with Crippen LogP contribution in [0, 0.1) is 68.0 Å². The SMILES string of the molecule is CCC(=O)Cl.CCC(=O)OCC(=O)[C@@]12CN(Cc3cccc(Cl)c3)C[C@@H]1C[C@H]1[C@@H]3C[C@H](F)C4=CC(=O)C=C[C@]4(C)[C@@]3(F)[C@@H](O)C[C@@]12C.C[C@]12C=CC(=O)C=C1[C@@H](F)C[C@H]1[C@@H]3C[C@H]4CN(Cc5cccc(Cl)c5)C[C@@]4(C(=O)CO)[C@@]3(C)C[C@H](O)[C@@]12F. The Balaban J connectivity index is 0.000000176. The lowest BCUT2D eigenvalue weighted by atomic mass is 9.43. The fourth-order valence-corrected chi connectivity index (χ4v) is 19.7. The molecule has 2 saturated heterocycles. The molecule has 85 heavy (non-hydrogen) atoms. The van der Waals surface area contributed by atoms with E-state index < -0.39 is 98.7 Å². The molecule has 18 atom stereocenters. The summed E-state index contributed by atoms with van der Waals surface area (Å²) in [6.07, 6.45) is 3.08. The van der Waals surface area contributed by atoms with E-state index in [4.69, 9.17) is 39.5 Å². The molecule has 0 amide bonds. The molecule has 8 fully saturated rings. The van der Waals surface area contributed by atoms with Gasteiger partial charge in [0.05, 0.1) is 23.0 Å². The lowest BCUT2D eigenvalue weighted by molar-refractivity contribution is -0.212. The third-order valence-corrected chi connectivity index (χ3v) is 23.8. The van der Waals surface area contributed by atoms with E-state index in [1.807, 2.05) is 50.2 Å². The molecule has 0 spiro atoms. The molecule has 2 aliphatic heterocycles. The van der Waals surface area contributed by atoms with E-state index in [2.05, 4.69) is 9.80 Å². The zero-order valence-corrected chi connectivity index (χ0v) is 51.2. The minimum Gasteiger partial charge on any atom is -0.458 e. The van der Waals surface area contributed by atoms with Gasteiger partial charge in [0.2, 0.25) is 5.24 Å². The zero-order chi connectivity index (χ0) is 61.8. The summed E-state index contributed by atoms with van der Waals surface area (Å²) in [5.74, 6) is -4.55. The Labute approximate surface area is 509 Å². The van der Waals surface area contributed by atoms with Crippen LogP contribution in [-0.4, -0.2) is 135 Å². The minimum atomic E-state index is -2.21. The van der Waals surface area contributed by atoms with Gasteiger partial charge in [-0.15, -0.1) is 0 Å². The van der Waals surface area contributed by atoms with Crippen molar-refractivity contribution in [2.24, 2.45) is 68.0 Å². The highest BCUT2D eigenvalue weighted by molar-refractivity contribution is 6.63. The van der Waals surface area contributed by atoms with Gasteiger partial charge in [0.25, 0.3) is 0 Å². The van der Waals surface area contributed by atoms with E-state index in [0.717, 1.165) is 11.1 Å². The highest BCUT2D eigenvalue weighted by atomic mass is 35.5. The average Bonchev–Trinajstić information content (AvgIpc) is 1.62. The van der Waals surface area contributed by atoms with Crippen LogP contribution in [0.25, 0.3) is 0 Å². The number of esters is 1. The van der Waals surface area contributed by atoms with Crippen molar-refractivity contribution in [2.75, 3.05) is 39.4 Å². The van der Waals surface area contributed by atoms with Gasteiger partial charge in [0.1, 0.15) is 19.0 Å². The number of halogens is 7. The first kappa shape index (κ1) is 63.6. The number of Topliss-reactive ketones (excluding diaryl/α,β-unsaturated/α-hetero) is 2. The molecule has 3 N–H and O–H groups in total. The zero-order valence-electron chi connectivity index (χ0n) is 48.9. The number of nitrogens with zero attached hydrogens (tertiary/aromatic N) is 2. The van der Waals surface area contributed by atoms with Crippen molar-refractivity contribution in [2.45, 2.75) is 142 Å². The molecule has 2 heterocycles. The molecule has 2 aromatic rings. The van der Waals surface area contributed by atoms with Crippen LogP contribution in [-0.2, 0) is 46.6 Å². The van der Waals surface area contributed by atoms with E-state index in [1.54, 1.807) is 39.8 Å². The standard InChI is InChI=1S/C33H38ClF2NO5.C30H34ClF2NO4.C3H5ClO/c1-4-29(41)42-17-28(40)32-18-37(15-19-6-5-7-21(34)10-19)16-20(32)11-23-24-13-26(35)25-12-22(38)8-9-30(25,2)33(24,36)27(39)14-31(23,32)3;1-27-7-6-20(36)10-23(27)24(32)11-22-21-9-18-14-34(13-17-4-3-5-19(31)8-17)16-29(18,26(38)15-35)28(21,2)12-25(37)30(22,27)33;1-2-3(4)5/h5-10,12,20,23-24,26-27,39H,4,11,13-18H2,1-3H3;3-8,10,18,21-22,24-25,35,37H,9,11-16H2,1-2H3;2H2,1H3/t20-,23-,24-,26-,27-,30-,31-,32+,33-;18-,21-,22-,24-,25-,27-,28-,29+,30-;/m00./s1. The average molecular weight is 1240 g/mol. The van der Waals surface area contributed by atoms with Gasteiger partial charge in [-0.1, -0.05) is 87.3 Å². The summed E-state index contributed by atoms with van der Waals surface area (Å²) in [6, 6.07) is 15.1. The molecule has 460 valence electrons. The Morgan fingerprint density at radius 2 is 1.06 bits per heavy atom. The number of hydrogen-bond donors (Lipinski definition) is 3. The molecule has 19 heteroatoms. The molecule has 0 aromatic heterocycles. The van der Waals surface area contributed by atoms with E-state index in [-0.39, 0.29) is 96.0 Å². The summed E-state index contributed by atoms with van der Waals surface area (Å²) in [6.45, 7) is 12.4. The molecule has 8 aliphatic carbocycles. The topological polar surface area (TPSA) is 179 Å². The summed E-state index contributed by atoms with van der Waals surface area (Å²) in [5.41, 5.74) is -8.83. The van der Waals surface area contributed by atoms with Crippen LogP contribution in [0.4, 0.5) is 17.6 Å². The van der Waals surface area contributed by atoms with Crippen molar-refractivity contribution < 1.29 is 66.4 Å². The largest absolute Gasteiger partial charge is 0.458 e. The maximum absolute atomic E-state index is 17.6. The number of carbonyl (C=O) groups is 6. The van der Waals surface area contributed by atoms with Crippen molar-refractivity contribution in [3.8, 4) is 0 Å². The number of carbonyl (C=O) groups excluding carboxylic acids is 6. The number of fused-ring (bicyclic) bond motifs is 14. The first-order valence-corrected chi connectivity index (χ1v) is 31.0. The van der Waals surface area contributed by atoms with Gasteiger partial charge in [-0.05, 0) is 169 Å². The number of rotatable bonds is 11. The summed E-state index contributed by atoms with van der Waals surface area (Å²) in [4.78, 5) is 78.2. The van der Waals surface area contributed by atoms with E-state index in [1.165, 1.54) is 36.5 Å². The minimum absolute atomic E-state index is 0.00123. The van der Waals surface area contributed by atoms with Gasteiger partial charge in [-0.2, -0.15) is 0 Å². The number of allylic oxidation sites excluding steroid dienone is 8. The van der Waals surface area contributed by atoms with Crippen molar-refractivity contribution in [1.29, 1.82) is 0 Å². The van der Waals surface area contributed by atoms with Gasteiger partial charge >= 0.3 is 5.97 Å². The Bertz CT molecular complexity index is 3200. The summed E-state index contributed by atoms with van der Waals surface area (Å²) < 4.78 is 72.0. The van der Waals surface area contributed by atoms with E-state index in [0.29, 0.717) is 68.6 Å². The second kappa shape index (κ2) is 22.9. The second-order valence-electron chi connectivity index (χ2n) is 26.9. The Morgan fingerprint density at radius 3 is 1.44 bits per heavy atom. The smallest absolute Gasteiger partial charge is 0.305 e. The predicted molar refractivity (Wildman–Crippen MR) is 313 cm³/mol. The number of aliphatic hydroxyl groups excluding tert-OH is 3. The number of benzene rings is 2. The lowest BCUT2D eigenvalue weighted by Gasteiger charge is -2.63. The summed E-state index contributed by atoms with van der Waals surface area (Å²) in [7, 11) is 0.